The number of benzene rings is 1. The number of aromatic amines is 1. The number of nitrogens with zero attached hydrogens (tertiary/aromatic N) is 1. The molecule has 132 valence electrons. The van der Waals surface area contributed by atoms with Crippen LogP contribution in [0.15, 0.2) is 18.2 Å². The van der Waals surface area contributed by atoms with Crippen LogP contribution in [0.5, 0.6) is 0 Å². The second-order valence-corrected chi connectivity index (χ2v) is 6.05. The Hall–Kier alpha value is -1.53. The maximum atomic E-state index is 12.8. The number of nitrogens with one attached hydrogen (secondary N) is 1. The van der Waals surface area contributed by atoms with Gasteiger partial charge in [-0.15, -0.1) is 0 Å². The number of alkyl halides is 3. The van der Waals surface area contributed by atoms with Gasteiger partial charge in [0.25, 0.3) is 0 Å². The summed E-state index contributed by atoms with van der Waals surface area (Å²) in [5.74, 6) is 0.779. The first kappa shape index (κ1) is 18.8. The molecule has 0 saturated heterocycles. The zero-order chi connectivity index (χ0) is 17.9. The molecule has 1 N–H and O–H groups in total. The third-order valence-electron chi connectivity index (χ3n) is 3.92. The second-order valence-electron chi connectivity index (χ2n) is 5.64. The summed E-state index contributed by atoms with van der Waals surface area (Å²) in [6, 6.07) is 3.35. The van der Waals surface area contributed by atoms with Crippen molar-refractivity contribution in [1.82, 2.24) is 9.97 Å². The molecule has 1 atom stereocenters. The van der Waals surface area contributed by atoms with Crippen molar-refractivity contribution in [3.05, 3.63) is 40.3 Å². The molecule has 1 unspecified atom stereocenters. The molecular formula is C17H20ClF3N2O. The van der Waals surface area contributed by atoms with Crippen LogP contribution in [-0.4, -0.2) is 23.2 Å². The maximum absolute atomic E-state index is 12.8. The van der Waals surface area contributed by atoms with Crippen LogP contribution >= 0.6 is 11.6 Å². The average Bonchev–Trinajstić information content (AvgIpc) is 2.94. The standard InChI is InChI=1S/C17H20ClF3N2O/c1-4-15-22-14(8-5-10(2)24-3)16(23-15)12-7-6-11(9-13(12)18)17(19,20)21/h6-7,9-10H,4-5,8H2,1-3H3,(H,22,23). The molecule has 0 aliphatic rings. The van der Waals surface area contributed by atoms with Crippen LogP contribution < -0.4 is 0 Å². The van der Waals surface area contributed by atoms with Crippen LogP contribution in [0.25, 0.3) is 11.3 Å². The van der Waals surface area contributed by atoms with Crippen LogP contribution in [0, 0.1) is 0 Å². The third kappa shape index (κ3) is 4.30. The topological polar surface area (TPSA) is 37.9 Å². The van der Waals surface area contributed by atoms with Gasteiger partial charge in [0.2, 0.25) is 0 Å². The minimum absolute atomic E-state index is 0.0417. The van der Waals surface area contributed by atoms with Gasteiger partial charge in [-0.1, -0.05) is 24.6 Å². The van der Waals surface area contributed by atoms with E-state index >= 15 is 0 Å². The number of ether oxygens (including phenoxy) is 1. The Bertz CT molecular complexity index is 698. The van der Waals surface area contributed by atoms with Gasteiger partial charge in [0, 0.05) is 24.8 Å². The number of aryl methyl sites for hydroxylation is 2. The Morgan fingerprint density at radius 3 is 2.58 bits per heavy atom. The van der Waals surface area contributed by atoms with Crippen molar-refractivity contribution in [2.45, 2.75) is 45.4 Å². The molecule has 0 aliphatic carbocycles. The molecule has 1 aromatic heterocycles. The molecule has 2 rings (SSSR count). The van der Waals surface area contributed by atoms with Crippen molar-refractivity contribution < 1.29 is 17.9 Å². The Morgan fingerprint density at radius 1 is 1.33 bits per heavy atom. The van der Waals surface area contributed by atoms with E-state index in [-0.39, 0.29) is 11.1 Å². The van der Waals surface area contributed by atoms with Gasteiger partial charge in [-0.05, 0) is 31.9 Å². The van der Waals surface area contributed by atoms with E-state index in [4.69, 9.17) is 16.3 Å². The maximum Gasteiger partial charge on any atom is 0.416 e. The highest BCUT2D eigenvalue weighted by Crippen LogP contribution is 2.36. The van der Waals surface area contributed by atoms with Crippen molar-refractivity contribution in [2.75, 3.05) is 7.11 Å². The van der Waals surface area contributed by atoms with E-state index in [1.54, 1.807) is 7.11 Å². The monoisotopic (exact) mass is 360 g/mol. The van der Waals surface area contributed by atoms with Gasteiger partial charge >= 0.3 is 6.18 Å². The first-order chi connectivity index (χ1) is 11.3. The number of hydrogen-bond donors (Lipinski definition) is 1. The Morgan fingerprint density at radius 2 is 2.04 bits per heavy atom. The minimum Gasteiger partial charge on any atom is -0.382 e. The lowest BCUT2D eigenvalue weighted by Gasteiger charge is -2.11. The van der Waals surface area contributed by atoms with E-state index in [1.807, 2.05) is 13.8 Å². The van der Waals surface area contributed by atoms with Crippen LogP contribution in [-0.2, 0) is 23.8 Å². The highest BCUT2D eigenvalue weighted by molar-refractivity contribution is 6.33. The van der Waals surface area contributed by atoms with Crippen LogP contribution in [0.4, 0.5) is 13.2 Å². The lowest BCUT2D eigenvalue weighted by atomic mass is 10.0. The lowest BCUT2D eigenvalue weighted by molar-refractivity contribution is -0.137. The summed E-state index contributed by atoms with van der Waals surface area (Å²) in [5.41, 5.74) is 1.20. The molecule has 0 bridgehead atoms. The van der Waals surface area contributed by atoms with Crippen molar-refractivity contribution in [3.63, 3.8) is 0 Å². The van der Waals surface area contributed by atoms with Gasteiger partial charge < -0.3 is 9.72 Å². The number of imidazole rings is 1. The predicted octanol–water partition coefficient (Wildman–Crippen LogP) is 5.28. The van der Waals surface area contributed by atoms with Gasteiger partial charge in [-0.25, -0.2) is 4.98 Å². The molecule has 0 saturated carbocycles. The number of methoxy groups -OCH3 is 1. The SMILES string of the molecule is CCc1nc(-c2ccc(C(F)(F)F)cc2Cl)c(CCC(C)OC)[nH]1. The zero-order valence-electron chi connectivity index (χ0n) is 13.8. The fourth-order valence-corrected chi connectivity index (χ4v) is 2.65. The Labute approximate surface area is 144 Å². The molecule has 3 nitrogen and oxygen atoms in total. The highest BCUT2D eigenvalue weighted by atomic mass is 35.5. The molecular weight excluding hydrogens is 341 g/mol. The molecule has 7 heteroatoms. The molecule has 0 fully saturated rings. The van der Waals surface area contributed by atoms with E-state index in [0.29, 0.717) is 24.1 Å². The van der Waals surface area contributed by atoms with Crippen molar-refractivity contribution >= 4 is 11.6 Å². The summed E-state index contributed by atoms with van der Waals surface area (Å²) >= 11 is 6.11. The zero-order valence-corrected chi connectivity index (χ0v) is 14.6. The van der Waals surface area contributed by atoms with Gasteiger partial charge in [-0.2, -0.15) is 13.2 Å². The summed E-state index contributed by atoms with van der Waals surface area (Å²) < 4.78 is 43.6. The summed E-state index contributed by atoms with van der Waals surface area (Å²) in [7, 11) is 1.64. The molecule has 1 heterocycles. The minimum atomic E-state index is -4.42. The predicted molar refractivity (Wildman–Crippen MR) is 88.2 cm³/mol. The largest absolute Gasteiger partial charge is 0.416 e. The van der Waals surface area contributed by atoms with Gasteiger partial charge in [0.15, 0.2) is 0 Å². The number of H-pyrrole nitrogens is 1. The van der Waals surface area contributed by atoms with Crippen molar-refractivity contribution in [3.8, 4) is 11.3 Å². The normalized spacial score (nSPS) is 13.3. The quantitative estimate of drug-likeness (QED) is 0.761. The van der Waals surface area contributed by atoms with Gasteiger partial charge in [-0.3, -0.25) is 0 Å². The van der Waals surface area contributed by atoms with Gasteiger partial charge in [0.1, 0.15) is 5.82 Å². The number of rotatable bonds is 6. The van der Waals surface area contributed by atoms with Crippen LogP contribution in [0.2, 0.25) is 5.02 Å². The smallest absolute Gasteiger partial charge is 0.382 e. The van der Waals surface area contributed by atoms with Crippen molar-refractivity contribution in [1.29, 1.82) is 0 Å². The fraction of sp³-hybridized carbons (Fsp3) is 0.471. The van der Waals surface area contributed by atoms with E-state index < -0.39 is 11.7 Å². The molecule has 0 spiro atoms. The Kier molecular flexibility index (Phi) is 5.93. The number of aromatic nitrogens is 2. The van der Waals surface area contributed by atoms with Crippen molar-refractivity contribution in [2.24, 2.45) is 0 Å². The molecule has 0 aliphatic heterocycles. The van der Waals surface area contributed by atoms with E-state index in [2.05, 4.69) is 9.97 Å². The third-order valence-corrected chi connectivity index (χ3v) is 4.23. The molecule has 0 radical (unpaired) electrons. The summed E-state index contributed by atoms with van der Waals surface area (Å²) in [6.07, 6.45) is -2.19. The Balaban J connectivity index is 2.38. The lowest BCUT2D eigenvalue weighted by Crippen LogP contribution is -2.07. The molecule has 1 aromatic carbocycles. The number of halogens is 4. The fourth-order valence-electron chi connectivity index (χ4n) is 2.38. The first-order valence-corrected chi connectivity index (χ1v) is 8.11. The average molecular weight is 361 g/mol. The summed E-state index contributed by atoms with van der Waals surface area (Å²) in [6.45, 7) is 3.92. The van der Waals surface area contributed by atoms with E-state index in [9.17, 15) is 13.2 Å². The van der Waals surface area contributed by atoms with E-state index in [0.717, 1.165) is 30.1 Å². The van der Waals surface area contributed by atoms with Crippen LogP contribution in [0.1, 0.15) is 37.4 Å². The first-order valence-electron chi connectivity index (χ1n) is 7.73. The summed E-state index contributed by atoms with van der Waals surface area (Å²) in [5, 5.41) is 0.0417. The summed E-state index contributed by atoms with van der Waals surface area (Å²) in [4.78, 5) is 7.73. The molecule has 2 aromatic rings. The molecule has 0 amide bonds. The highest BCUT2D eigenvalue weighted by Gasteiger charge is 2.31. The number of hydrogen-bond acceptors (Lipinski definition) is 2. The second kappa shape index (κ2) is 7.57. The molecule has 24 heavy (non-hydrogen) atoms. The van der Waals surface area contributed by atoms with E-state index in [1.165, 1.54) is 6.07 Å². The van der Waals surface area contributed by atoms with Crippen LogP contribution in [0.3, 0.4) is 0 Å². The van der Waals surface area contributed by atoms with Gasteiger partial charge in [0.05, 0.1) is 22.4 Å².